The van der Waals surface area contributed by atoms with Crippen molar-refractivity contribution in [1.82, 2.24) is 15.0 Å². The Morgan fingerprint density at radius 2 is 0.867 bits per heavy atom. The summed E-state index contributed by atoms with van der Waals surface area (Å²) < 4.78 is 21.2. The van der Waals surface area contributed by atoms with E-state index in [9.17, 15) is 0 Å². The van der Waals surface area contributed by atoms with Gasteiger partial charge in [0, 0.05) is 104 Å². The van der Waals surface area contributed by atoms with Crippen molar-refractivity contribution in [3.8, 4) is 17.2 Å². The molecule has 3 aliphatic rings. The molecule has 462 valence electrons. The molecular formula is C71H73Cl3N12O4. The zero-order valence-electron chi connectivity index (χ0n) is 51.6. The van der Waals surface area contributed by atoms with E-state index in [2.05, 4.69) is 66.4 Å². The van der Waals surface area contributed by atoms with Crippen molar-refractivity contribution in [2.75, 3.05) is 91.8 Å². The third-order valence-electron chi connectivity index (χ3n) is 16.4. The second-order valence-corrected chi connectivity index (χ2v) is 23.4. The number of pyridine rings is 3. The first-order chi connectivity index (χ1) is 43.9. The summed E-state index contributed by atoms with van der Waals surface area (Å²) in [5, 5.41) is 19.0. The number of aromatic nitrogens is 3. The van der Waals surface area contributed by atoms with Crippen LogP contribution in [0, 0.1) is 19.7 Å². The van der Waals surface area contributed by atoms with E-state index in [4.69, 9.17) is 88.4 Å². The Morgan fingerprint density at radius 1 is 0.500 bits per heavy atom. The van der Waals surface area contributed by atoms with Crippen LogP contribution in [0.1, 0.15) is 79.8 Å². The molecule has 12 rings (SSSR count). The summed E-state index contributed by atoms with van der Waals surface area (Å²) in [6.45, 7) is 35.9. The number of ether oxygens (including phenoxy) is 4. The molecule has 1 aliphatic carbocycles. The molecule has 9 aromatic rings. The van der Waals surface area contributed by atoms with Gasteiger partial charge in [0.2, 0.25) is 0 Å². The predicted octanol–water partition coefficient (Wildman–Crippen LogP) is 17.9. The molecule has 0 amide bonds. The largest absolute Gasteiger partial charge is 0.495 e. The van der Waals surface area contributed by atoms with Gasteiger partial charge in [0.25, 0.3) is 0 Å². The zero-order valence-corrected chi connectivity index (χ0v) is 53.9. The molecule has 0 radical (unpaired) electrons. The van der Waals surface area contributed by atoms with E-state index in [-0.39, 0.29) is 0 Å². The van der Waals surface area contributed by atoms with Crippen molar-refractivity contribution in [2.45, 2.75) is 91.4 Å². The molecule has 0 spiro atoms. The zero-order chi connectivity index (χ0) is 63.3. The third-order valence-corrected chi connectivity index (χ3v) is 17.3. The summed E-state index contributed by atoms with van der Waals surface area (Å²) in [6.07, 6.45) is 13.1. The second-order valence-electron chi connectivity index (χ2n) is 22.2. The summed E-state index contributed by atoms with van der Waals surface area (Å²) in [5.41, 5.74) is 17.2. The van der Waals surface area contributed by atoms with Crippen LogP contribution in [0.25, 0.3) is 47.2 Å². The minimum absolute atomic E-state index is 0.490. The SMILES string of the molecule is [C-]#[N+]c1cc(N2CCCC2)c2ncc(CC)c(NCc3ccc(OC)c(Cl)c3)c2c1.[C-]#[N+]c1cc(N2CCOCC2)c2ncc(CC)c(NCc3ccc(OC)c(Cl)c3)c2c1.[C-]#[N+]c1cc(NC2CC2)c2ncc(CC)c(NCc3ccc(OC)c(Cl)c3)c2c1. The Hall–Kier alpha value is -8.95. The van der Waals surface area contributed by atoms with Crippen LogP contribution in [0.3, 0.4) is 0 Å². The van der Waals surface area contributed by atoms with E-state index in [0.29, 0.717) is 88.3 Å². The molecule has 3 aromatic heterocycles. The van der Waals surface area contributed by atoms with Crippen molar-refractivity contribution in [3.63, 3.8) is 0 Å². The molecule has 16 nitrogen and oxygen atoms in total. The molecule has 2 aliphatic heterocycles. The van der Waals surface area contributed by atoms with Crippen molar-refractivity contribution in [2.24, 2.45) is 0 Å². The number of halogens is 3. The highest BCUT2D eigenvalue weighted by molar-refractivity contribution is 6.32. The van der Waals surface area contributed by atoms with E-state index in [1.165, 1.54) is 25.7 Å². The highest BCUT2D eigenvalue weighted by Crippen LogP contribution is 2.42. The first-order valence-corrected chi connectivity index (χ1v) is 31.6. The third kappa shape index (κ3) is 14.9. The number of nitrogens with zero attached hydrogens (tertiary/aromatic N) is 8. The first kappa shape index (κ1) is 64.0. The molecule has 1 saturated carbocycles. The number of hydrogen-bond acceptors (Lipinski definition) is 13. The van der Waals surface area contributed by atoms with Crippen molar-refractivity contribution in [3.05, 3.63) is 192 Å². The van der Waals surface area contributed by atoms with Gasteiger partial charge in [0.15, 0.2) is 17.1 Å². The summed E-state index contributed by atoms with van der Waals surface area (Å²) in [5.74, 6) is 1.99. The van der Waals surface area contributed by atoms with Gasteiger partial charge in [-0.25, -0.2) is 14.5 Å². The highest BCUT2D eigenvalue weighted by atomic mass is 35.5. The Kier molecular flexibility index (Phi) is 21.4. The molecule has 19 heteroatoms. The Labute approximate surface area is 542 Å². The Morgan fingerprint density at radius 3 is 1.22 bits per heavy atom. The normalized spacial score (nSPS) is 13.5. The Bertz CT molecular complexity index is 4210. The van der Waals surface area contributed by atoms with Gasteiger partial charge in [0.1, 0.15) is 17.2 Å². The highest BCUT2D eigenvalue weighted by Gasteiger charge is 2.25. The summed E-state index contributed by atoms with van der Waals surface area (Å²) in [4.78, 5) is 30.1. The van der Waals surface area contributed by atoms with E-state index >= 15 is 0 Å². The van der Waals surface area contributed by atoms with Crippen LogP contribution >= 0.6 is 34.8 Å². The fraction of sp³-hybridized carbons (Fsp3) is 0.324. The van der Waals surface area contributed by atoms with Gasteiger partial charge in [-0.3, -0.25) is 15.0 Å². The lowest BCUT2D eigenvalue weighted by atomic mass is 10.0. The van der Waals surface area contributed by atoms with Crippen LogP contribution in [-0.4, -0.2) is 81.7 Å². The molecule has 2 saturated heterocycles. The number of rotatable bonds is 19. The molecule has 5 heterocycles. The van der Waals surface area contributed by atoms with Gasteiger partial charge >= 0.3 is 0 Å². The van der Waals surface area contributed by atoms with Gasteiger partial charge in [-0.1, -0.05) is 73.8 Å². The molecule has 3 fully saturated rings. The van der Waals surface area contributed by atoms with Crippen LogP contribution in [0.5, 0.6) is 17.2 Å². The number of morpholine rings is 1. The lowest BCUT2D eigenvalue weighted by Gasteiger charge is -2.30. The first-order valence-electron chi connectivity index (χ1n) is 30.4. The molecule has 0 atom stereocenters. The van der Waals surface area contributed by atoms with Gasteiger partial charge in [-0.05, 0) is 151 Å². The predicted molar refractivity (Wildman–Crippen MR) is 369 cm³/mol. The Balaban J connectivity index is 0.000000149. The number of nitrogens with one attached hydrogen (secondary N) is 4. The number of anilines is 6. The lowest BCUT2D eigenvalue weighted by molar-refractivity contribution is 0.123. The minimum atomic E-state index is 0.490. The van der Waals surface area contributed by atoms with Crippen LogP contribution in [0.15, 0.2) is 110 Å². The molecule has 0 unspecified atom stereocenters. The van der Waals surface area contributed by atoms with Crippen molar-refractivity contribution < 1.29 is 18.9 Å². The fourth-order valence-corrected chi connectivity index (χ4v) is 12.2. The van der Waals surface area contributed by atoms with Gasteiger partial charge in [-0.2, -0.15) is 0 Å². The molecule has 4 N–H and O–H groups in total. The number of aryl methyl sites for hydroxylation is 3. The average molecular weight is 1260 g/mol. The van der Waals surface area contributed by atoms with Gasteiger partial charge in [0.05, 0.1) is 103 Å². The standard InChI is InChI=1S/C24H25ClN4O2.C24H25ClN4O.C23H23ClN4O/c1-4-17-15-28-24-19(12-18(26-2)13-21(24)29-7-9-31-10-8-29)23(17)27-14-16-5-6-22(30-3)20(25)11-16;1-4-17-15-28-24-19(12-18(26-2)13-21(24)29-9-5-6-10-29)23(17)27-14-16-7-8-22(30-3)20(25)11-16;1-4-15-13-27-23-18(10-17(25-2)11-20(23)28-16-6-7-16)22(15)26-12-14-5-8-21(29-3)19(24)9-14/h5-6,11-13,15H,4,7-10,14H2,1,3H3,(H,27,28);7-8,11-13,15H,4-6,9-10,14H2,1,3H3,(H,27,28);5,8-11,13,16,28H,4,6-7,12H2,1,3H3,(H,26,27). The van der Waals surface area contributed by atoms with Gasteiger partial charge < -0.3 is 50.0 Å². The maximum Gasteiger partial charge on any atom is 0.190 e. The summed E-state index contributed by atoms with van der Waals surface area (Å²) in [6, 6.07) is 29.5. The lowest BCUT2D eigenvalue weighted by Crippen LogP contribution is -2.36. The number of hydrogen-bond donors (Lipinski definition) is 4. The van der Waals surface area contributed by atoms with E-state index in [1.54, 1.807) is 21.3 Å². The minimum Gasteiger partial charge on any atom is -0.495 e. The summed E-state index contributed by atoms with van der Waals surface area (Å²) in [7, 11) is 4.83. The quantitative estimate of drug-likeness (QED) is 0.0571. The van der Waals surface area contributed by atoms with Crippen LogP contribution in [0.4, 0.5) is 51.2 Å². The molecule has 0 bridgehead atoms. The fourth-order valence-electron chi connectivity index (χ4n) is 11.4. The maximum atomic E-state index is 7.61. The van der Waals surface area contributed by atoms with Crippen LogP contribution < -0.4 is 45.3 Å². The second kappa shape index (κ2) is 30.0. The molecule has 90 heavy (non-hydrogen) atoms. The van der Waals surface area contributed by atoms with E-state index < -0.39 is 0 Å². The summed E-state index contributed by atoms with van der Waals surface area (Å²) >= 11 is 18.9. The van der Waals surface area contributed by atoms with E-state index in [1.807, 2.05) is 110 Å². The van der Waals surface area contributed by atoms with E-state index in [0.717, 1.165) is 146 Å². The monoisotopic (exact) mass is 1260 g/mol. The van der Waals surface area contributed by atoms with Gasteiger partial charge in [-0.15, -0.1) is 0 Å². The number of benzene rings is 6. The van der Waals surface area contributed by atoms with Crippen molar-refractivity contribution >= 4 is 119 Å². The van der Waals surface area contributed by atoms with Crippen LogP contribution in [0.2, 0.25) is 15.1 Å². The average Bonchev–Trinajstić information content (AvgIpc) is 2.05. The number of fused-ring (bicyclic) bond motifs is 3. The smallest absolute Gasteiger partial charge is 0.190 e. The molecule has 6 aromatic carbocycles. The number of methoxy groups -OCH3 is 3. The maximum absolute atomic E-state index is 7.61. The van der Waals surface area contributed by atoms with Crippen LogP contribution in [-0.2, 0) is 43.6 Å². The topological polar surface area (TPSA) is 143 Å². The molecular weight excluding hydrogens is 1190 g/mol. The van der Waals surface area contributed by atoms with Crippen molar-refractivity contribution in [1.29, 1.82) is 0 Å².